The molecule has 214 valence electrons. The first-order chi connectivity index (χ1) is 20.3. The summed E-state index contributed by atoms with van der Waals surface area (Å²) < 4.78 is 19.3. The number of hydrogen-bond acceptors (Lipinski definition) is 8. The average molecular weight is 568 g/mol. The molecule has 3 aromatic carbocycles. The van der Waals surface area contributed by atoms with Gasteiger partial charge in [-0.3, -0.25) is 9.36 Å². The van der Waals surface area contributed by atoms with Crippen LogP contribution in [0.25, 0.3) is 0 Å². The molecule has 0 saturated carbocycles. The SMILES string of the molecule is CC[C@@]1(C)O[C@@H](n2ccc(NC(=O)c3ccccc3)nc2=O)C(OC(=O)c2ccccc2)[C@H]1OC(=O)c1ccccc1. The number of carbonyl (C=O) groups excluding carboxylic acids is 3. The summed E-state index contributed by atoms with van der Waals surface area (Å²) in [5, 5.41) is 2.60. The smallest absolute Gasteiger partial charge is 0.351 e. The Kier molecular flexibility index (Phi) is 8.26. The van der Waals surface area contributed by atoms with E-state index in [-0.39, 0.29) is 11.4 Å². The van der Waals surface area contributed by atoms with Gasteiger partial charge < -0.3 is 19.5 Å². The Hall–Kier alpha value is -5.09. The summed E-state index contributed by atoms with van der Waals surface area (Å²) in [6.45, 7) is 3.57. The van der Waals surface area contributed by atoms with Crippen molar-refractivity contribution in [1.29, 1.82) is 0 Å². The van der Waals surface area contributed by atoms with Gasteiger partial charge in [0, 0.05) is 11.8 Å². The van der Waals surface area contributed by atoms with Gasteiger partial charge in [0.25, 0.3) is 5.91 Å². The van der Waals surface area contributed by atoms with Crippen LogP contribution in [0.2, 0.25) is 0 Å². The molecule has 0 aliphatic carbocycles. The quantitative estimate of drug-likeness (QED) is 0.305. The fourth-order valence-electron chi connectivity index (χ4n) is 4.70. The number of nitrogens with zero attached hydrogens (tertiary/aromatic N) is 2. The molecule has 1 fully saturated rings. The summed E-state index contributed by atoms with van der Waals surface area (Å²) in [7, 11) is 0. The molecule has 1 saturated heterocycles. The molecule has 1 unspecified atom stereocenters. The lowest BCUT2D eigenvalue weighted by Crippen LogP contribution is -2.45. The van der Waals surface area contributed by atoms with Crippen LogP contribution >= 0.6 is 0 Å². The van der Waals surface area contributed by atoms with Crippen molar-refractivity contribution < 1.29 is 28.6 Å². The van der Waals surface area contributed by atoms with E-state index in [0.717, 1.165) is 4.57 Å². The van der Waals surface area contributed by atoms with Crippen molar-refractivity contribution in [3.8, 4) is 0 Å². The van der Waals surface area contributed by atoms with Gasteiger partial charge in [0.05, 0.1) is 11.1 Å². The Morgan fingerprint density at radius 1 is 0.833 bits per heavy atom. The fraction of sp³-hybridized carbons (Fsp3) is 0.219. The van der Waals surface area contributed by atoms with Gasteiger partial charge >= 0.3 is 17.6 Å². The van der Waals surface area contributed by atoms with Gasteiger partial charge in [0.2, 0.25) is 0 Å². The van der Waals surface area contributed by atoms with Gasteiger partial charge in [-0.25, -0.2) is 14.4 Å². The third-order valence-corrected chi connectivity index (χ3v) is 7.15. The molecule has 42 heavy (non-hydrogen) atoms. The predicted octanol–water partition coefficient (Wildman–Crippen LogP) is 4.64. The maximum Gasteiger partial charge on any atom is 0.351 e. The van der Waals surface area contributed by atoms with E-state index in [4.69, 9.17) is 14.2 Å². The van der Waals surface area contributed by atoms with Crippen molar-refractivity contribution in [3.63, 3.8) is 0 Å². The third kappa shape index (κ3) is 5.98. The molecule has 0 bridgehead atoms. The van der Waals surface area contributed by atoms with Crippen molar-refractivity contribution in [2.24, 2.45) is 0 Å². The molecular weight excluding hydrogens is 538 g/mol. The van der Waals surface area contributed by atoms with Gasteiger partial charge in [-0.15, -0.1) is 0 Å². The highest BCUT2D eigenvalue weighted by atomic mass is 16.7. The predicted molar refractivity (Wildman–Crippen MR) is 153 cm³/mol. The monoisotopic (exact) mass is 567 g/mol. The molecule has 1 aliphatic rings. The van der Waals surface area contributed by atoms with Gasteiger partial charge in [-0.2, -0.15) is 4.98 Å². The van der Waals surface area contributed by atoms with E-state index in [1.54, 1.807) is 97.9 Å². The van der Waals surface area contributed by atoms with Crippen LogP contribution < -0.4 is 11.0 Å². The molecule has 5 rings (SSSR count). The Morgan fingerprint density at radius 3 is 1.88 bits per heavy atom. The van der Waals surface area contributed by atoms with Crippen LogP contribution in [0.15, 0.2) is 108 Å². The molecule has 4 aromatic rings. The standard InChI is InChI=1S/C32H29N3O7/c1-3-32(2)26(41-30(38)23-17-11-6-12-18-23)25(40-29(37)22-15-9-5-10-16-22)28(42-32)35-20-19-24(34-31(35)39)33-27(36)21-13-7-4-8-14-21/h4-20,25-26,28H,3H2,1-2H3,(H,33,34,36,39)/t25?,26-,28-,32-/m1/s1. The molecule has 1 N–H and O–H groups in total. The number of carbonyl (C=O) groups is 3. The summed E-state index contributed by atoms with van der Waals surface area (Å²) in [5.74, 6) is -1.71. The molecular formula is C32H29N3O7. The summed E-state index contributed by atoms with van der Waals surface area (Å²) in [6.07, 6.45) is -1.71. The summed E-state index contributed by atoms with van der Waals surface area (Å²) in [6, 6.07) is 26.7. The van der Waals surface area contributed by atoms with Crippen molar-refractivity contribution in [3.05, 3.63) is 130 Å². The normalized spacial score (nSPS) is 21.3. The zero-order valence-corrected chi connectivity index (χ0v) is 23.0. The first-order valence-electron chi connectivity index (χ1n) is 13.4. The number of anilines is 1. The number of benzene rings is 3. The zero-order valence-electron chi connectivity index (χ0n) is 23.0. The van der Waals surface area contributed by atoms with Crippen molar-refractivity contribution in [1.82, 2.24) is 9.55 Å². The van der Waals surface area contributed by atoms with Gasteiger partial charge in [0.15, 0.2) is 18.4 Å². The third-order valence-electron chi connectivity index (χ3n) is 7.15. The number of amides is 1. The summed E-state index contributed by atoms with van der Waals surface area (Å²) >= 11 is 0. The second-order valence-electron chi connectivity index (χ2n) is 9.93. The van der Waals surface area contributed by atoms with Gasteiger partial charge in [0.1, 0.15) is 11.4 Å². The summed E-state index contributed by atoms with van der Waals surface area (Å²) in [5.41, 5.74) is -0.905. The van der Waals surface area contributed by atoms with Crippen LogP contribution in [-0.2, 0) is 14.2 Å². The number of aromatic nitrogens is 2. The first-order valence-corrected chi connectivity index (χ1v) is 13.4. The Bertz CT molecular complexity index is 1630. The maximum absolute atomic E-state index is 13.3. The Morgan fingerprint density at radius 2 is 1.36 bits per heavy atom. The molecule has 1 aliphatic heterocycles. The van der Waals surface area contributed by atoms with Gasteiger partial charge in [-0.05, 0) is 55.8 Å². The number of rotatable bonds is 8. The second kappa shape index (κ2) is 12.2. The number of ether oxygens (including phenoxy) is 3. The van der Waals surface area contributed by atoms with Crippen LogP contribution in [-0.4, -0.2) is 45.2 Å². The van der Waals surface area contributed by atoms with E-state index >= 15 is 0 Å². The molecule has 0 spiro atoms. The topological polar surface area (TPSA) is 126 Å². The fourth-order valence-corrected chi connectivity index (χ4v) is 4.70. The Balaban J connectivity index is 1.48. The lowest BCUT2D eigenvalue weighted by Gasteiger charge is -2.30. The number of esters is 2. The van der Waals surface area contributed by atoms with Crippen molar-refractivity contribution in [2.45, 2.75) is 44.3 Å². The average Bonchev–Trinajstić information content (AvgIpc) is 3.29. The van der Waals surface area contributed by atoms with Crippen LogP contribution in [0.3, 0.4) is 0 Å². The highest BCUT2D eigenvalue weighted by Gasteiger charge is 2.57. The van der Waals surface area contributed by atoms with E-state index in [9.17, 15) is 19.2 Å². The number of hydrogen-bond donors (Lipinski definition) is 1. The minimum Gasteiger partial charge on any atom is -0.452 e. The second-order valence-corrected chi connectivity index (χ2v) is 9.93. The van der Waals surface area contributed by atoms with E-state index in [1.807, 2.05) is 6.92 Å². The molecule has 2 heterocycles. The minimum atomic E-state index is -1.21. The minimum absolute atomic E-state index is 0.0336. The highest BCUT2D eigenvalue weighted by Crippen LogP contribution is 2.42. The largest absolute Gasteiger partial charge is 0.452 e. The molecule has 10 nitrogen and oxygen atoms in total. The van der Waals surface area contributed by atoms with Crippen LogP contribution in [0.1, 0.15) is 57.6 Å². The van der Waals surface area contributed by atoms with Crippen LogP contribution in [0.5, 0.6) is 0 Å². The Labute approximate surface area is 241 Å². The van der Waals surface area contributed by atoms with E-state index < -0.39 is 47.6 Å². The lowest BCUT2D eigenvalue weighted by molar-refractivity contribution is -0.0987. The molecule has 4 atom stereocenters. The first kappa shape index (κ1) is 28.4. The van der Waals surface area contributed by atoms with Crippen LogP contribution in [0, 0.1) is 0 Å². The molecule has 0 radical (unpaired) electrons. The maximum atomic E-state index is 13.3. The van der Waals surface area contributed by atoms with Crippen molar-refractivity contribution >= 4 is 23.7 Å². The molecule has 10 heteroatoms. The van der Waals surface area contributed by atoms with E-state index in [0.29, 0.717) is 17.5 Å². The molecule has 1 aromatic heterocycles. The van der Waals surface area contributed by atoms with E-state index in [2.05, 4.69) is 10.3 Å². The van der Waals surface area contributed by atoms with Crippen LogP contribution in [0.4, 0.5) is 5.82 Å². The van der Waals surface area contributed by atoms with E-state index in [1.165, 1.54) is 12.3 Å². The van der Waals surface area contributed by atoms with Crippen molar-refractivity contribution in [2.75, 3.05) is 5.32 Å². The number of nitrogens with one attached hydrogen (secondary N) is 1. The summed E-state index contributed by atoms with van der Waals surface area (Å²) in [4.78, 5) is 56.2. The molecule has 1 amide bonds. The lowest BCUT2D eigenvalue weighted by atomic mass is 9.94. The highest BCUT2D eigenvalue weighted by molar-refractivity contribution is 6.03. The zero-order chi connectivity index (χ0) is 29.7. The van der Waals surface area contributed by atoms with Gasteiger partial charge in [-0.1, -0.05) is 61.5 Å².